The Hall–Kier alpha value is -1.54. The first-order valence-corrected chi connectivity index (χ1v) is 6.00. The normalized spacial score (nSPS) is 17.3. The molecule has 1 saturated heterocycles. The topological polar surface area (TPSA) is 76.9 Å². The highest BCUT2D eigenvalue weighted by atomic mass is 16.5. The summed E-state index contributed by atoms with van der Waals surface area (Å²) < 4.78 is 7.14. The predicted octanol–water partition coefficient (Wildman–Crippen LogP) is 1.81. The molecule has 1 fully saturated rings. The number of nitrogens with zero attached hydrogens (tertiary/aromatic N) is 3. The van der Waals surface area contributed by atoms with Gasteiger partial charge < -0.3 is 10.5 Å². The molecular weight excluding hydrogens is 216 g/mol. The summed E-state index contributed by atoms with van der Waals surface area (Å²) in [5.41, 5.74) is 7.36. The fraction of sp³-hybridized carbons (Fsp3) is 0.667. The highest BCUT2D eigenvalue weighted by molar-refractivity contribution is 5.53. The summed E-state index contributed by atoms with van der Waals surface area (Å²) in [5.74, 6) is 0.719. The van der Waals surface area contributed by atoms with E-state index in [2.05, 4.69) is 11.2 Å². The van der Waals surface area contributed by atoms with Crippen molar-refractivity contribution in [3.05, 3.63) is 11.3 Å². The van der Waals surface area contributed by atoms with Crippen LogP contribution in [0.1, 0.15) is 49.9 Å². The van der Waals surface area contributed by atoms with E-state index in [-0.39, 0.29) is 12.0 Å². The predicted molar refractivity (Wildman–Crippen MR) is 64.5 cm³/mol. The van der Waals surface area contributed by atoms with Crippen LogP contribution in [-0.4, -0.2) is 23.0 Å². The highest BCUT2D eigenvalue weighted by Crippen LogP contribution is 2.29. The van der Waals surface area contributed by atoms with E-state index < -0.39 is 0 Å². The van der Waals surface area contributed by atoms with E-state index >= 15 is 0 Å². The van der Waals surface area contributed by atoms with Crippen molar-refractivity contribution in [3.63, 3.8) is 0 Å². The third-order valence-electron chi connectivity index (χ3n) is 3.17. The molecule has 0 spiro atoms. The van der Waals surface area contributed by atoms with Gasteiger partial charge in [-0.2, -0.15) is 10.4 Å². The maximum Gasteiger partial charge on any atom is 0.140 e. The summed E-state index contributed by atoms with van der Waals surface area (Å²) in [7, 11) is 0. The van der Waals surface area contributed by atoms with Crippen LogP contribution in [0.4, 0.5) is 5.82 Å². The van der Waals surface area contributed by atoms with Crippen LogP contribution < -0.4 is 5.73 Å². The van der Waals surface area contributed by atoms with Gasteiger partial charge in [-0.1, -0.05) is 13.8 Å². The number of rotatable bonds is 2. The number of hydrogen-bond donors (Lipinski definition) is 1. The van der Waals surface area contributed by atoms with Crippen molar-refractivity contribution >= 4 is 5.82 Å². The second-order valence-electron chi connectivity index (χ2n) is 4.70. The van der Waals surface area contributed by atoms with Crippen LogP contribution >= 0.6 is 0 Å². The first-order valence-electron chi connectivity index (χ1n) is 6.00. The molecule has 0 aromatic carbocycles. The maximum atomic E-state index is 9.15. The van der Waals surface area contributed by atoms with Gasteiger partial charge in [0.25, 0.3) is 0 Å². The summed E-state index contributed by atoms with van der Waals surface area (Å²) in [6, 6.07) is 2.43. The van der Waals surface area contributed by atoms with Gasteiger partial charge in [0.05, 0.1) is 11.7 Å². The minimum atomic E-state index is 0.216. The van der Waals surface area contributed by atoms with Crippen molar-refractivity contribution in [2.45, 2.75) is 38.6 Å². The number of nitriles is 1. The van der Waals surface area contributed by atoms with Crippen LogP contribution in [-0.2, 0) is 4.74 Å². The molecule has 5 nitrogen and oxygen atoms in total. The van der Waals surface area contributed by atoms with Gasteiger partial charge >= 0.3 is 0 Å². The van der Waals surface area contributed by atoms with Crippen LogP contribution in [0.5, 0.6) is 0 Å². The van der Waals surface area contributed by atoms with Gasteiger partial charge in [0.2, 0.25) is 0 Å². The van der Waals surface area contributed by atoms with Gasteiger partial charge in [0, 0.05) is 13.2 Å². The Labute approximate surface area is 101 Å². The Morgan fingerprint density at radius 2 is 2.12 bits per heavy atom. The molecule has 1 aliphatic rings. The van der Waals surface area contributed by atoms with E-state index in [0.29, 0.717) is 11.4 Å². The molecule has 92 valence electrons. The monoisotopic (exact) mass is 234 g/mol. The van der Waals surface area contributed by atoms with Gasteiger partial charge in [-0.25, -0.2) is 4.68 Å². The van der Waals surface area contributed by atoms with Crippen molar-refractivity contribution in [2.24, 2.45) is 0 Å². The van der Waals surface area contributed by atoms with E-state index in [1.54, 1.807) is 0 Å². The number of nitrogen functional groups attached to an aromatic ring is 1. The van der Waals surface area contributed by atoms with E-state index in [9.17, 15) is 0 Å². The second kappa shape index (κ2) is 4.76. The van der Waals surface area contributed by atoms with Gasteiger partial charge in [0.15, 0.2) is 0 Å². The second-order valence-corrected chi connectivity index (χ2v) is 4.70. The highest BCUT2D eigenvalue weighted by Gasteiger charge is 2.24. The van der Waals surface area contributed by atoms with Crippen molar-refractivity contribution in [1.29, 1.82) is 5.26 Å². The number of aromatic nitrogens is 2. The van der Waals surface area contributed by atoms with E-state index in [1.807, 2.05) is 18.5 Å². The molecule has 1 aromatic rings. The number of hydrogen-bond acceptors (Lipinski definition) is 4. The van der Waals surface area contributed by atoms with Gasteiger partial charge in [-0.05, 0) is 18.8 Å². The maximum absolute atomic E-state index is 9.15. The van der Waals surface area contributed by atoms with Gasteiger partial charge in [0.1, 0.15) is 17.5 Å². The van der Waals surface area contributed by atoms with Crippen LogP contribution in [0.15, 0.2) is 0 Å². The Balaban J connectivity index is 2.38. The lowest BCUT2D eigenvalue weighted by molar-refractivity contribution is 0.0667. The van der Waals surface area contributed by atoms with Crippen molar-refractivity contribution in [2.75, 3.05) is 18.9 Å². The molecule has 17 heavy (non-hydrogen) atoms. The summed E-state index contributed by atoms with van der Waals surface area (Å²) in [5, 5.41) is 13.7. The summed E-state index contributed by atoms with van der Waals surface area (Å²) in [6.45, 7) is 5.53. The third kappa shape index (κ3) is 2.13. The van der Waals surface area contributed by atoms with Crippen LogP contribution in [0, 0.1) is 11.3 Å². The summed E-state index contributed by atoms with van der Waals surface area (Å²) >= 11 is 0. The van der Waals surface area contributed by atoms with Crippen LogP contribution in [0.25, 0.3) is 0 Å². The zero-order valence-corrected chi connectivity index (χ0v) is 10.3. The lowest BCUT2D eigenvalue weighted by Crippen LogP contribution is -2.21. The minimum absolute atomic E-state index is 0.216. The molecule has 1 aliphatic heterocycles. The Bertz CT molecular complexity index is 438. The van der Waals surface area contributed by atoms with Gasteiger partial charge in [-0.3, -0.25) is 0 Å². The van der Waals surface area contributed by atoms with Crippen molar-refractivity contribution in [3.8, 4) is 6.07 Å². The zero-order valence-electron chi connectivity index (χ0n) is 10.3. The van der Waals surface area contributed by atoms with Crippen molar-refractivity contribution in [1.82, 2.24) is 9.78 Å². The third-order valence-corrected chi connectivity index (χ3v) is 3.17. The van der Waals surface area contributed by atoms with Gasteiger partial charge in [-0.15, -0.1) is 0 Å². The average molecular weight is 234 g/mol. The molecule has 2 heterocycles. The standard InChI is InChI=1S/C12H18N4O/c1-8(2)11-10(7-13)12(14)16(15-11)9-3-5-17-6-4-9/h8-9H,3-6,14H2,1-2H3. The molecule has 0 amide bonds. The fourth-order valence-corrected chi connectivity index (χ4v) is 2.19. The van der Waals surface area contributed by atoms with E-state index in [0.717, 1.165) is 31.7 Å². The van der Waals surface area contributed by atoms with Crippen LogP contribution in [0.2, 0.25) is 0 Å². The lowest BCUT2D eigenvalue weighted by atomic mass is 10.1. The zero-order chi connectivity index (χ0) is 12.4. The molecule has 0 atom stereocenters. The molecule has 0 radical (unpaired) electrons. The SMILES string of the molecule is CC(C)c1nn(C2CCOCC2)c(N)c1C#N. The first-order chi connectivity index (χ1) is 8.15. The average Bonchev–Trinajstić information content (AvgIpc) is 2.67. The lowest BCUT2D eigenvalue weighted by Gasteiger charge is -2.23. The fourth-order valence-electron chi connectivity index (χ4n) is 2.19. The molecule has 5 heteroatoms. The molecule has 2 N–H and O–H groups in total. The molecule has 1 aromatic heterocycles. The number of anilines is 1. The molecule has 0 bridgehead atoms. The minimum Gasteiger partial charge on any atom is -0.383 e. The van der Waals surface area contributed by atoms with E-state index in [1.165, 1.54) is 0 Å². The smallest absolute Gasteiger partial charge is 0.140 e. The Morgan fingerprint density at radius 1 is 1.47 bits per heavy atom. The number of ether oxygens (including phenoxy) is 1. The van der Waals surface area contributed by atoms with Crippen LogP contribution in [0.3, 0.4) is 0 Å². The Morgan fingerprint density at radius 3 is 2.59 bits per heavy atom. The molecule has 2 rings (SSSR count). The molecule has 0 saturated carbocycles. The van der Waals surface area contributed by atoms with E-state index in [4.69, 9.17) is 15.7 Å². The molecule has 0 unspecified atom stereocenters. The molecule has 0 aliphatic carbocycles. The quantitative estimate of drug-likeness (QED) is 0.846. The largest absolute Gasteiger partial charge is 0.383 e. The Kier molecular flexibility index (Phi) is 3.34. The first kappa shape index (κ1) is 11.9. The summed E-state index contributed by atoms with van der Waals surface area (Å²) in [6.07, 6.45) is 1.82. The summed E-state index contributed by atoms with van der Waals surface area (Å²) in [4.78, 5) is 0. The number of nitrogens with two attached hydrogens (primary N) is 1. The molecular formula is C12H18N4O. The van der Waals surface area contributed by atoms with Crippen molar-refractivity contribution < 1.29 is 4.74 Å².